The van der Waals surface area contributed by atoms with E-state index in [2.05, 4.69) is 9.97 Å². The summed E-state index contributed by atoms with van der Waals surface area (Å²) in [7, 11) is 0. The van der Waals surface area contributed by atoms with Crippen molar-refractivity contribution in [2.24, 2.45) is 0 Å². The molecule has 1 unspecified atom stereocenters. The van der Waals surface area contributed by atoms with Gasteiger partial charge in [0.15, 0.2) is 0 Å². The third-order valence-electron chi connectivity index (χ3n) is 2.69. The molecule has 5 nitrogen and oxygen atoms in total. The van der Waals surface area contributed by atoms with Crippen LogP contribution in [0.1, 0.15) is 45.0 Å². The maximum absolute atomic E-state index is 12.0. The fourth-order valence-electron chi connectivity index (χ4n) is 1.86. The zero-order valence-electron chi connectivity index (χ0n) is 10.6. The molecule has 1 aromatic rings. The highest BCUT2D eigenvalue weighted by Crippen LogP contribution is 2.32. The van der Waals surface area contributed by atoms with Crippen molar-refractivity contribution >= 4 is 6.09 Å². The molecule has 1 aliphatic heterocycles. The topological polar surface area (TPSA) is 55.3 Å². The summed E-state index contributed by atoms with van der Waals surface area (Å²) in [6.07, 6.45) is 2.96. The van der Waals surface area contributed by atoms with Crippen LogP contribution in [0.4, 0.5) is 4.79 Å². The lowest BCUT2D eigenvalue weighted by Gasteiger charge is -2.26. The van der Waals surface area contributed by atoms with Crippen LogP contribution in [-0.4, -0.2) is 26.6 Å². The Morgan fingerprint density at radius 3 is 2.82 bits per heavy atom. The predicted molar refractivity (Wildman–Crippen MR) is 62.2 cm³/mol. The Bertz CT molecular complexity index is 440. The van der Waals surface area contributed by atoms with Crippen LogP contribution in [0.5, 0.6) is 0 Å². The monoisotopic (exact) mass is 235 g/mol. The molecule has 0 aliphatic carbocycles. The number of carbonyl (C=O) groups is 1. The van der Waals surface area contributed by atoms with E-state index in [1.54, 1.807) is 11.1 Å². The van der Waals surface area contributed by atoms with Crippen LogP contribution in [0, 0.1) is 0 Å². The molecule has 92 valence electrons. The lowest BCUT2D eigenvalue weighted by Crippen LogP contribution is -2.35. The van der Waals surface area contributed by atoms with E-state index in [4.69, 9.17) is 4.74 Å². The first-order valence-corrected chi connectivity index (χ1v) is 5.67. The minimum atomic E-state index is -0.475. The molecule has 2 heterocycles. The van der Waals surface area contributed by atoms with Crippen LogP contribution >= 0.6 is 0 Å². The van der Waals surface area contributed by atoms with Gasteiger partial charge >= 0.3 is 6.09 Å². The van der Waals surface area contributed by atoms with E-state index in [0.717, 1.165) is 11.3 Å². The Kier molecular flexibility index (Phi) is 2.77. The van der Waals surface area contributed by atoms with Crippen molar-refractivity contribution in [3.63, 3.8) is 0 Å². The zero-order chi connectivity index (χ0) is 12.6. The average Bonchev–Trinajstić information content (AvgIpc) is 2.55. The van der Waals surface area contributed by atoms with Gasteiger partial charge in [0.05, 0.1) is 18.3 Å². The molecule has 0 saturated heterocycles. The van der Waals surface area contributed by atoms with Crippen molar-refractivity contribution in [2.75, 3.05) is 0 Å². The van der Waals surface area contributed by atoms with Crippen molar-refractivity contribution in [3.05, 3.63) is 23.8 Å². The molecule has 2 rings (SSSR count). The van der Waals surface area contributed by atoms with Crippen molar-refractivity contribution in [2.45, 2.75) is 45.9 Å². The summed E-state index contributed by atoms with van der Waals surface area (Å²) in [4.78, 5) is 21.8. The summed E-state index contributed by atoms with van der Waals surface area (Å²) in [5.74, 6) is 0. The Hall–Kier alpha value is -1.65. The second-order valence-electron chi connectivity index (χ2n) is 5.21. The Morgan fingerprint density at radius 1 is 1.53 bits per heavy atom. The van der Waals surface area contributed by atoms with Gasteiger partial charge in [-0.3, -0.25) is 4.90 Å². The second kappa shape index (κ2) is 3.98. The van der Waals surface area contributed by atoms with Gasteiger partial charge in [-0.1, -0.05) is 0 Å². The van der Waals surface area contributed by atoms with E-state index in [1.807, 2.05) is 27.7 Å². The van der Waals surface area contributed by atoms with Crippen LogP contribution in [0.25, 0.3) is 0 Å². The molecule has 1 aliphatic rings. The Balaban J connectivity index is 2.15. The van der Waals surface area contributed by atoms with Gasteiger partial charge in [0.1, 0.15) is 11.9 Å². The lowest BCUT2D eigenvalue weighted by atomic mass is 10.2. The standard InChI is InChI=1S/C12H17N3O2/c1-8-9-5-13-7-14-10(9)6-15(8)11(16)17-12(2,3)4/h5,7-8H,6H2,1-4H3. The summed E-state index contributed by atoms with van der Waals surface area (Å²) in [6.45, 7) is 8.03. The number of hydrogen-bond acceptors (Lipinski definition) is 4. The predicted octanol–water partition coefficient (Wildman–Crippen LogP) is 2.29. The maximum Gasteiger partial charge on any atom is 0.411 e. The molecule has 0 aromatic carbocycles. The summed E-state index contributed by atoms with van der Waals surface area (Å²) < 4.78 is 5.36. The first kappa shape index (κ1) is 11.8. The molecular weight excluding hydrogens is 218 g/mol. The quantitative estimate of drug-likeness (QED) is 0.692. The number of nitrogens with zero attached hydrogens (tertiary/aromatic N) is 3. The van der Waals surface area contributed by atoms with Gasteiger partial charge in [0.2, 0.25) is 0 Å². The minimum absolute atomic E-state index is 0.0268. The van der Waals surface area contributed by atoms with Crippen LogP contribution in [0.15, 0.2) is 12.5 Å². The van der Waals surface area contributed by atoms with Gasteiger partial charge in [0, 0.05) is 11.8 Å². The van der Waals surface area contributed by atoms with Gasteiger partial charge in [-0.15, -0.1) is 0 Å². The van der Waals surface area contributed by atoms with Gasteiger partial charge in [0.25, 0.3) is 0 Å². The number of carbonyl (C=O) groups excluding carboxylic acids is 1. The van der Waals surface area contributed by atoms with Crippen molar-refractivity contribution < 1.29 is 9.53 Å². The number of hydrogen-bond donors (Lipinski definition) is 0. The van der Waals surface area contributed by atoms with Crippen LogP contribution in [0.2, 0.25) is 0 Å². The minimum Gasteiger partial charge on any atom is -0.444 e. The van der Waals surface area contributed by atoms with E-state index in [-0.39, 0.29) is 12.1 Å². The number of ether oxygens (including phenoxy) is 1. The molecule has 0 saturated carbocycles. The number of fused-ring (bicyclic) bond motifs is 1. The molecule has 0 radical (unpaired) electrons. The van der Waals surface area contributed by atoms with Crippen molar-refractivity contribution in [1.29, 1.82) is 0 Å². The number of aromatic nitrogens is 2. The summed E-state index contributed by atoms with van der Waals surface area (Å²) in [6, 6.07) is -0.0268. The van der Waals surface area contributed by atoms with Gasteiger partial charge < -0.3 is 4.74 Å². The largest absolute Gasteiger partial charge is 0.444 e. The van der Waals surface area contributed by atoms with E-state index in [9.17, 15) is 4.79 Å². The second-order valence-corrected chi connectivity index (χ2v) is 5.21. The molecule has 1 amide bonds. The Morgan fingerprint density at radius 2 is 2.24 bits per heavy atom. The van der Waals surface area contributed by atoms with Crippen LogP contribution in [0.3, 0.4) is 0 Å². The molecule has 1 atom stereocenters. The van der Waals surface area contributed by atoms with Crippen LogP contribution in [-0.2, 0) is 11.3 Å². The number of rotatable bonds is 0. The van der Waals surface area contributed by atoms with Gasteiger partial charge in [-0.05, 0) is 27.7 Å². The van der Waals surface area contributed by atoms with Gasteiger partial charge in [-0.2, -0.15) is 0 Å². The number of amides is 1. The third-order valence-corrected chi connectivity index (χ3v) is 2.69. The lowest BCUT2D eigenvalue weighted by molar-refractivity contribution is 0.0186. The van der Waals surface area contributed by atoms with E-state index >= 15 is 0 Å². The van der Waals surface area contributed by atoms with Gasteiger partial charge in [-0.25, -0.2) is 14.8 Å². The van der Waals surface area contributed by atoms with E-state index in [1.165, 1.54) is 6.33 Å². The molecular formula is C12H17N3O2. The molecule has 17 heavy (non-hydrogen) atoms. The molecule has 0 bridgehead atoms. The highest BCUT2D eigenvalue weighted by atomic mass is 16.6. The maximum atomic E-state index is 12.0. The van der Waals surface area contributed by atoms with Crippen molar-refractivity contribution in [3.8, 4) is 0 Å². The normalized spacial score (nSPS) is 19.1. The Labute approximate surface area is 101 Å². The summed E-state index contributed by atoms with van der Waals surface area (Å²) in [5.41, 5.74) is 1.42. The fraction of sp³-hybridized carbons (Fsp3) is 0.583. The third kappa shape index (κ3) is 2.38. The first-order chi connectivity index (χ1) is 7.88. The van der Waals surface area contributed by atoms with E-state index in [0.29, 0.717) is 6.54 Å². The SMILES string of the molecule is CC1c2cncnc2CN1C(=O)OC(C)(C)C. The smallest absolute Gasteiger partial charge is 0.411 e. The highest BCUT2D eigenvalue weighted by Gasteiger charge is 2.34. The van der Waals surface area contributed by atoms with Crippen LogP contribution < -0.4 is 0 Å². The summed E-state index contributed by atoms with van der Waals surface area (Å²) >= 11 is 0. The first-order valence-electron chi connectivity index (χ1n) is 5.67. The molecule has 5 heteroatoms. The van der Waals surface area contributed by atoms with E-state index < -0.39 is 5.60 Å². The molecule has 1 aromatic heterocycles. The average molecular weight is 235 g/mol. The molecule has 0 spiro atoms. The molecule has 0 N–H and O–H groups in total. The summed E-state index contributed by atoms with van der Waals surface area (Å²) in [5, 5.41) is 0. The fourth-order valence-corrected chi connectivity index (χ4v) is 1.86. The molecule has 0 fully saturated rings. The highest BCUT2D eigenvalue weighted by molar-refractivity contribution is 5.69. The van der Waals surface area contributed by atoms with Crippen molar-refractivity contribution in [1.82, 2.24) is 14.9 Å². The zero-order valence-corrected chi connectivity index (χ0v) is 10.6.